The van der Waals surface area contributed by atoms with E-state index in [0.717, 1.165) is 12.1 Å². The fraction of sp³-hybridized carbons (Fsp3) is 0.0714. The Kier molecular flexibility index (Phi) is 4.05. The quantitative estimate of drug-likeness (QED) is 0.781. The predicted molar refractivity (Wildman–Crippen MR) is 80.6 cm³/mol. The van der Waals surface area contributed by atoms with Gasteiger partial charge in [0.2, 0.25) is 10.0 Å². The minimum absolute atomic E-state index is 0.169. The number of halogens is 3. The van der Waals surface area contributed by atoms with E-state index in [-0.39, 0.29) is 6.54 Å². The van der Waals surface area contributed by atoms with E-state index in [1.807, 2.05) is 0 Å². The molecule has 3 rings (SSSR count). The van der Waals surface area contributed by atoms with Crippen LogP contribution in [0.2, 0.25) is 5.02 Å². The highest BCUT2D eigenvalue weighted by molar-refractivity contribution is 7.89. The van der Waals surface area contributed by atoms with Gasteiger partial charge in [0.1, 0.15) is 22.2 Å². The molecule has 1 aromatic carbocycles. The lowest BCUT2D eigenvalue weighted by Crippen LogP contribution is -2.24. The van der Waals surface area contributed by atoms with Gasteiger partial charge in [-0.15, -0.1) is 0 Å². The molecule has 3 aromatic rings. The second kappa shape index (κ2) is 5.88. The highest BCUT2D eigenvalue weighted by Gasteiger charge is 2.20. The molecule has 0 atom stereocenters. The average Bonchev–Trinajstić information content (AvgIpc) is 2.89. The van der Waals surface area contributed by atoms with Crippen LogP contribution in [0.3, 0.4) is 0 Å². The molecule has 2 heterocycles. The number of rotatable bonds is 4. The molecule has 0 saturated heterocycles. The average molecular weight is 358 g/mol. The van der Waals surface area contributed by atoms with Crippen LogP contribution in [0.15, 0.2) is 47.6 Å². The minimum Gasteiger partial charge on any atom is -0.305 e. The molecule has 0 unspecified atom stereocenters. The first-order valence-electron chi connectivity index (χ1n) is 6.43. The third-order valence-electron chi connectivity index (χ3n) is 3.09. The second-order valence-corrected chi connectivity index (χ2v) is 6.92. The van der Waals surface area contributed by atoms with Crippen molar-refractivity contribution in [3.05, 3.63) is 65.1 Å². The van der Waals surface area contributed by atoms with Crippen LogP contribution in [0.1, 0.15) is 5.69 Å². The highest BCUT2D eigenvalue weighted by atomic mass is 35.5. The van der Waals surface area contributed by atoms with Crippen molar-refractivity contribution in [2.75, 3.05) is 0 Å². The zero-order valence-corrected chi connectivity index (χ0v) is 13.1. The van der Waals surface area contributed by atoms with E-state index in [2.05, 4.69) is 9.71 Å². The SMILES string of the molecule is O=S(=O)(NCc1cn2cc(Cl)ccc2n1)c1cc(F)ccc1F. The number of nitrogens with zero attached hydrogens (tertiary/aromatic N) is 2. The summed E-state index contributed by atoms with van der Waals surface area (Å²) >= 11 is 5.85. The summed E-state index contributed by atoms with van der Waals surface area (Å²) in [4.78, 5) is 3.45. The Morgan fingerprint density at radius 2 is 1.96 bits per heavy atom. The van der Waals surface area contributed by atoms with Crippen LogP contribution in [-0.2, 0) is 16.6 Å². The molecule has 23 heavy (non-hydrogen) atoms. The van der Waals surface area contributed by atoms with Crippen molar-refractivity contribution < 1.29 is 17.2 Å². The van der Waals surface area contributed by atoms with E-state index in [0.29, 0.717) is 22.4 Å². The lowest BCUT2D eigenvalue weighted by atomic mass is 10.3. The summed E-state index contributed by atoms with van der Waals surface area (Å²) in [6.45, 7) is -0.169. The third kappa shape index (κ3) is 3.34. The Labute approximate surface area is 135 Å². The van der Waals surface area contributed by atoms with Crippen LogP contribution < -0.4 is 4.72 Å². The molecule has 1 N–H and O–H groups in total. The number of aromatic nitrogens is 2. The molecule has 0 spiro atoms. The van der Waals surface area contributed by atoms with Gasteiger partial charge in [0.25, 0.3) is 0 Å². The Morgan fingerprint density at radius 3 is 2.74 bits per heavy atom. The number of pyridine rings is 1. The Balaban J connectivity index is 1.84. The van der Waals surface area contributed by atoms with Gasteiger partial charge < -0.3 is 4.40 Å². The third-order valence-corrected chi connectivity index (χ3v) is 4.73. The monoisotopic (exact) mass is 357 g/mol. The molecule has 0 radical (unpaired) electrons. The number of hydrogen-bond donors (Lipinski definition) is 1. The van der Waals surface area contributed by atoms with Crippen LogP contribution >= 0.6 is 11.6 Å². The fourth-order valence-electron chi connectivity index (χ4n) is 2.03. The van der Waals surface area contributed by atoms with Crippen molar-refractivity contribution in [2.45, 2.75) is 11.4 Å². The molecular weight excluding hydrogens is 348 g/mol. The van der Waals surface area contributed by atoms with Crippen molar-refractivity contribution >= 4 is 27.3 Å². The first kappa shape index (κ1) is 15.9. The van der Waals surface area contributed by atoms with Gasteiger partial charge in [0.15, 0.2) is 0 Å². The van der Waals surface area contributed by atoms with E-state index in [1.54, 1.807) is 28.9 Å². The fourth-order valence-corrected chi connectivity index (χ4v) is 3.29. The molecule has 0 aliphatic carbocycles. The molecule has 2 aromatic heterocycles. The highest BCUT2D eigenvalue weighted by Crippen LogP contribution is 2.16. The summed E-state index contributed by atoms with van der Waals surface area (Å²) in [6.07, 6.45) is 3.21. The maximum Gasteiger partial charge on any atom is 0.243 e. The van der Waals surface area contributed by atoms with Gasteiger partial charge in [-0.25, -0.2) is 26.9 Å². The van der Waals surface area contributed by atoms with E-state index in [4.69, 9.17) is 11.6 Å². The first-order valence-corrected chi connectivity index (χ1v) is 8.29. The van der Waals surface area contributed by atoms with Gasteiger partial charge >= 0.3 is 0 Å². The smallest absolute Gasteiger partial charge is 0.243 e. The summed E-state index contributed by atoms with van der Waals surface area (Å²) in [5.41, 5.74) is 0.994. The van der Waals surface area contributed by atoms with Gasteiger partial charge in [-0.3, -0.25) is 0 Å². The van der Waals surface area contributed by atoms with Crippen molar-refractivity contribution in [1.82, 2.24) is 14.1 Å². The van der Waals surface area contributed by atoms with Crippen molar-refractivity contribution in [2.24, 2.45) is 0 Å². The molecule has 0 aliphatic heterocycles. The first-order chi connectivity index (χ1) is 10.8. The maximum absolute atomic E-state index is 13.6. The van der Waals surface area contributed by atoms with E-state index in [1.165, 1.54) is 0 Å². The van der Waals surface area contributed by atoms with Gasteiger partial charge in [-0.2, -0.15) is 0 Å². The predicted octanol–water partition coefficient (Wildman–Crippen LogP) is 2.74. The molecule has 0 saturated carbocycles. The number of imidazole rings is 1. The van der Waals surface area contributed by atoms with Crippen molar-refractivity contribution in [3.8, 4) is 0 Å². The van der Waals surface area contributed by atoms with Crippen LogP contribution in [0.4, 0.5) is 8.78 Å². The molecule has 5 nitrogen and oxygen atoms in total. The summed E-state index contributed by atoms with van der Waals surface area (Å²) in [5, 5.41) is 0.504. The largest absolute Gasteiger partial charge is 0.305 e. The Morgan fingerprint density at radius 1 is 1.17 bits per heavy atom. The number of nitrogens with one attached hydrogen (secondary N) is 1. The second-order valence-electron chi connectivity index (χ2n) is 4.74. The van der Waals surface area contributed by atoms with E-state index >= 15 is 0 Å². The van der Waals surface area contributed by atoms with Crippen LogP contribution in [0, 0.1) is 11.6 Å². The van der Waals surface area contributed by atoms with Crippen molar-refractivity contribution in [3.63, 3.8) is 0 Å². The molecule has 0 fully saturated rings. The molecule has 0 amide bonds. The van der Waals surface area contributed by atoms with Crippen LogP contribution in [-0.4, -0.2) is 17.8 Å². The topological polar surface area (TPSA) is 63.5 Å². The minimum atomic E-state index is -4.20. The Hall–Kier alpha value is -2.03. The van der Waals surface area contributed by atoms with E-state index < -0.39 is 26.6 Å². The van der Waals surface area contributed by atoms with E-state index in [9.17, 15) is 17.2 Å². The zero-order valence-electron chi connectivity index (χ0n) is 11.5. The summed E-state index contributed by atoms with van der Waals surface area (Å²) in [6, 6.07) is 5.56. The molecule has 9 heteroatoms. The van der Waals surface area contributed by atoms with Gasteiger partial charge in [-0.1, -0.05) is 11.6 Å². The summed E-state index contributed by atoms with van der Waals surface area (Å²) in [5.74, 6) is -1.87. The lowest BCUT2D eigenvalue weighted by Gasteiger charge is -2.06. The van der Waals surface area contributed by atoms with Crippen molar-refractivity contribution in [1.29, 1.82) is 0 Å². The maximum atomic E-state index is 13.6. The summed E-state index contributed by atoms with van der Waals surface area (Å²) in [7, 11) is -4.20. The molecular formula is C14H10ClF2N3O2S. The molecule has 0 aliphatic rings. The number of benzene rings is 1. The molecule has 120 valence electrons. The van der Waals surface area contributed by atoms with Gasteiger partial charge in [0, 0.05) is 12.4 Å². The Bertz CT molecular complexity index is 989. The van der Waals surface area contributed by atoms with Gasteiger partial charge in [0.05, 0.1) is 17.3 Å². The number of fused-ring (bicyclic) bond motifs is 1. The lowest BCUT2D eigenvalue weighted by molar-refractivity contribution is 0.545. The standard InChI is InChI=1S/C14H10ClF2N3O2S/c15-9-1-4-14-19-11(8-20(14)7-9)6-18-23(21,22)13-5-10(16)2-3-12(13)17/h1-5,7-8,18H,6H2. The normalized spacial score (nSPS) is 12.0. The summed E-state index contributed by atoms with van der Waals surface area (Å²) < 4.78 is 54.7. The van der Waals surface area contributed by atoms with Gasteiger partial charge in [-0.05, 0) is 30.3 Å². The zero-order chi connectivity index (χ0) is 16.6. The number of sulfonamides is 1. The van der Waals surface area contributed by atoms with Crippen LogP contribution in [0.5, 0.6) is 0 Å². The van der Waals surface area contributed by atoms with Crippen LogP contribution in [0.25, 0.3) is 5.65 Å². The molecule has 0 bridgehead atoms. The number of hydrogen-bond acceptors (Lipinski definition) is 3.